The van der Waals surface area contributed by atoms with Gasteiger partial charge in [-0.25, -0.2) is 4.98 Å². The molecule has 0 aliphatic carbocycles. The maximum absolute atomic E-state index is 6.93. The number of hydrogen-bond acceptors (Lipinski definition) is 2. The first-order chi connectivity index (χ1) is 7.43. The van der Waals surface area contributed by atoms with Crippen LogP contribution < -0.4 is 0 Å². The predicted molar refractivity (Wildman–Crippen MR) is 70.7 cm³/mol. The van der Waals surface area contributed by atoms with E-state index in [-0.39, 0.29) is 5.41 Å². The van der Waals surface area contributed by atoms with Gasteiger partial charge in [0.05, 0.1) is 5.69 Å². The average Bonchev–Trinajstić information content (AvgIpc) is 2.55. The van der Waals surface area contributed by atoms with E-state index in [1.807, 2.05) is 4.40 Å². The second kappa shape index (κ2) is 3.70. The SMILES string of the molecule is [C-]#[N+]c1cc2nc(C(C)(C)C)c(I)n2cn1. The van der Waals surface area contributed by atoms with E-state index in [1.165, 1.54) is 0 Å². The van der Waals surface area contributed by atoms with Crippen LogP contribution in [-0.2, 0) is 5.41 Å². The molecule has 0 N–H and O–H groups in total. The molecule has 2 heterocycles. The lowest BCUT2D eigenvalue weighted by Gasteiger charge is -2.15. The molecule has 0 atom stereocenters. The van der Waals surface area contributed by atoms with Crippen molar-refractivity contribution in [3.63, 3.8) is 0 Å². The predicted octanol–water partition coefficient (Wildman–Crippen LogP) is 3.18. The van der Waals surface area contributed by atoms with Crippen molar-refractivity contribution in [2.45, 2.75) is 26.2 Å². The Morgan fingerprint density at radius 1 is 1.44 bits per heavy atom. The van der Waals surface area contributed by atoms with Crippen molar-refractivity contribution < 1.29 is 0 Å². The Labute approximate surface area is 108 Å². The van der Waals surface area contributed by atoms with Crippen LogP contribution in [-0.4, -0.2) is 14.4 Å². The Morgan fingerprint density at radius 3 is 2.69 bits per heavy atom. The molecule has 0 unspecified atom stereocenters. The first-order valence-corrected chi connectivity index (χ1v) is 5.93. The van der Waals surface area contributed by atoms with Gasteiger partial charge >= 0.3 is 0 Å². The van der Waals surface area contributed by atoms with Crippen LogP contribution in [0.15, 0.2) is 12.4 Å². The Balaban J connectivity index is 2.74. The summed E-state index contributed by atoms with van der Waals surface area (Å²) in [6, 6.07) is 1.71. The summed E-state index contributed by atoms with van der Waals surface area (Å²) in [5.74, 6) is 0.384. The number of halogens is 1. The third-order valence-corrected chi connectivity index (χ3v) is 3.30. The van der Waals surface area contributed by atoms with E-state index in [4.69, 9.17) is 6.57 Å². The van der Waals surface area contributed by atoms with E-state index in [1.54, 1.807) is 12.4 Å². The molecule has 4 nitrogen and oxygen atoms in total. The summed E-state index contributed by atoms with van der Waals surface area (Å²) >= 11 is 2.27. The summed E-state index contributed by atoms with van der Waals surface area (Å²) in [5.41, 5.74) is 1.83. The van der Waals surface area contributed by atoms with Gasteiger partial charge in [-0.3, -0.25) is 4.40 Å². The Bertz CT molecular complexity index is 586. The van der Waals surface area contributed by atoms with Crippen molar-refractivity contribution in [2.75, 3.05) is 0 Å². The highest BCUT2D eigenvalue weighted by Crippen LogP contribution is 2.27. The number of imidazole rings is 1. The lowest BCUT2D eigenvalue weighted by molar-refractivity contribution is 0.569. The minimum atomic E-state index is 0.000808. The Hall–Kier alpha value is -1.16. The normalized spacial score (nSPS) is 11.7. The molecule has 2 rings (SSSR count). The van der Waals surface area contributed by atoms with Crippen LogP contribution in [0.2, 0.25) is 0 Å². The largest absolute Gasteiger partial charge is 0.360 e. The van der Waals surface area contributed by atoms with Gasteiger partial charge in [0.2, 0.25) is 0 Å². The molecule has 16 heavy (non-hydrogen) atoms. The molecule has 2 aromatic heterocycles. The lowest BCUT2D eigenvalue weighted by atomic mass is 9.93. The number of rotatable bonds is 0. The van der Waals surface area contributed by atoms with Crippen molar-refractivity contribution >= 4 is 34.1 Å². The molecule has 0 fully saturated rings. The molecule has 0 saturated heterocycles. The van der Waals surface area contributed by atoms with E-state index in [0.29, 0.717) is 5.82 Å². The van der Waals surface area contributed by atoms with Crippen LogP contribution in [0.3, 0.4) is 0 Å². The number of aromatic nitrogens is 3. The molecule has 82 valence electrons. The zero-order valence-electron chi connectivity index (χ0n) is 9.32. The lowest BCUT2D eigenvalue weighted by Crippen LogP contribution is -2.13. The van der Waals surface area contributed by atoms with Crippen LogP contribution in [0.4, 0.5) is 5.82 Å². The highest BCUT2D eigenvalue weighted by Gasteiger charge is 2.22. The van der Waals surface area contributed by atoms with Crippen LogP contribution in [0.5, 0.6) is 0 Å². The molecule has 5 heteroatoms. The third-order valence-electron chi connectivity index (χ3n) is 2.27. The Morgan fingerprint density at radius 2 is 2.12 bits per heavy atom. The zero-order valence-corrected chi connectivity index (χ0v) is 11.5. The fourth-order valence-electron chi connectivity index (χ4n) is 1.45. The van der Waals surface area contributed by atoms with Gasteiger partial charge in [0.25, 0.3) is 5.82 Å². The van der Waals surface area contributed by atoms with Crippen LogP contribution in [0.1, 0.15) is 26.5 Å². The van der Waals surface area contributed by atoms with Gasteiger partial charge in [-0.05, 0) is 22.6 Å². The average molecular weight is 326 g/mol. The quantitative estimate of drug-likeness (QED) is 0.550. The summed E-state index contributed by atoms with van der Waals surface area (Å²) in [6.07, 6.45) is 1.66. The van der Waals surface area contributed by atoms with Crippen molar-refractivity contribution in [3.8, 4) is 0 Å². The topological polar surface area (TPSA) is 34.5 Å². The monoisotopic (exact) mass is 326 g/mol. The maximum atomic E-state index is 6.93. The van der Waals surface area contributed by atoms with Gasteiger partial charge in [-0.2, -0.15) is 0 Å². The molecule has 0 aliphatic rings. The summed E-state index contributed by atoms with van der Waals surface area (Å²) in [5, 5.41) is 0. The van der Waals surface area contributed by atoms with E-state index >= 15 is 0 Å². The van der Waals surface area contributed by atoms with Gasteiger partial charge in [0, 0.05) is 11.5 Å². The molecule has 2 aromatic rings. The molecule has 0 aromatic carbocycles. The third kappa shape index (κ3) is 1.78. The molecule has 0 amide bonds. The van der Waals surface area contributed by atoms with Crippen LogP contribution >= 0.6 is 22.6 Å². The highest BCUT2D eigenvalue weighted by atomic mass is 127. The molecule has 0 radical (unpaired) electrons. The van der Waals surface area contributed by atoms with Crippen molar-refractivity contribution in [1.82, 2.24) is 14.4 Å². The zero-order chi connectivity index (χ0) is 11.9. The first-order valence-electron chi connectivity index (χ1n) is 4.85. The maximum Gasteiger partial charge on any atom is 0.274 e. The fraction of sp³-hybridized carbons (Fsp3) is 0.364. The summed E-state index contributed by atoms with van der Waals surface area (Å²) in [7, 11) is 0. The molecular formula is C11H11IN4. The summed E-state index contributed by atoms with van der Waals surface area (Å²) < 4.78 is 2.97. The molecule has 0 aliphatic heterocycles. The highest BCUT2D eigenvalue weighted by molar-refractivity contribution is 14.1. The van der Waals surface area contributed by atoms with Gasteiger partial charge in [0.1, 0.15) is 9.35 Å². The van der Waals surface area contributed by atoms with Crippen LogP contribution in [0.25, 0.3) is 10.5 Å². The van der Waals surface area contributed by atoms with Gasteiger partial charge in [0.15, 0.2) is 6.33 Å². The second-order valence-electron chi connectivity index (χ2n) is 4.59. The van der Waals surface area contributed by atoms with E-state index in [0.717, 1.165) is 15.0 Å². The van der Waals surface area contributed by atoms with E-state index < -0.39 is 0 Å². The molecule has 0 bridgehead atoms. The minimum Gasteiger partial charge on any atom is -0.360 e. The summed E-state index contributed by atoms with van der Waals surface area (Å²) in [4.78, 5) is 11.9. The molecule has 0 spiro atoms. The van der Waals surface area contributed by atoms with Gasteiger partial charge < -0.3 is 4.85 Å². The summed E-state index contributed by atoms with van der Waals surface area (Å²) in [6.45, 7) is 13.3. The van der Waals surface area contributed by atoms with Crippen molar-refractivity contribution in [3.05, 3.63) is 33.2 Å². The fourth-order valence-corrected chi connectivity index (χ4v) is 2.75. The number of nitrogens with zero attached hydrogens (tertiary/aromatic N) is 4. The second-order valence-corrected chi connectivity index (χ2v) is 5.61. The molecular weight excluding hydrogens is 315 g/mol. The molecule has 0 saturated carbocycles. The Kier molecular flexibility index (Phi) is 2.62. The van der Waals surface area contributed by atoms with E-state index in [2.05, 4.69) is 58.2 Å². The van der Waals surface area contributed by atoms with Crippen molar-refractivity contribution in [2.24, 2.45) is 0 Å². The standard InChI is InChI=1S/C11H11IN4/c1-11(2,3)9-10(12)16-6-14-7(13-4)5-8(16)15-9/h5-6H,1-3H3. The number of hydrogen-bond donors (Lipinski definition) is 0. The minimum absolute atomic E-state index is 0.000808. The van der Waals surface area contributed by atoms with E-state index in [9.17, 15) is 0 Å². The number of fused-ring (bicyclic) bond motifs is 1. The van der Waals surface area contributed by atoms with Gasteiger partial charge in [-0.15, -0.1) is 4.98 Å². The first kappa shape index (κ1) is 11.3. The van der Waals surface area contributed by atoms with Crippen molar-refractivity contribution in [1.29, 1.82) is 0 Å². The van der Waals surface area contributed by atoms with Crippen LogP contribution in [0, 0.1) is 10.3 Å². The smallest absolute Gasteiger partial charge is 0.274 e. The van der Waals surface area contributed by atoms with Gasteiger partial charge in [-0.1, -0.05) is 27.3 Å².